The number of hydrogen-bond acceptors (Lipinski definition) is 3. The van der Waals surface area contributed by atoms with Gasteiger partial charge in [-0.15, -0.1) is 0 Å². The number of hydrogen-bond donors (Lipinski definition) is 0. The molecule has 0 bridgehead atoms. The minimum absolute atomic E-state index is 0.261. The van der Waals surface area contributed by atoms with Crippen LogP contribution < -0.4 is 0 Å². The van der Waals surface area contributed by atoms with Gasteiger partial charge in [-0.1, -0.05) is 23.5 Å². The van der Waals surface area contributed by atoms with E-state index in [4.69, 9.17) is 0 Å². The normalized spacial score (nSPS) is 11.0. The molecule has 3 aromatic rings. The quantitative estimate of drug-likeness (QED) is 0.629. The molecule has 1 aromatic carbocycles. The molecule has 0 N–H and O–H groups in total. The number of imidazole rings is 1. The van der Waals surface area contributed by atoms with Crippen LogP contribution in [0.5, 0.6) is 0 Å². The van der Waals surface area contributed by atoms with Crippen molar-refractivity contribution in [1.29, 1.82) is 0 Å². The van der Waals surface area contributed by atoms with Crippen molar-refractivity contribution >= 4 is 16.3 Å². The number of halogens is 1. The lowest BCUT2D eigenvalue weighted by Gasteiger charge is -1.96. The molecule has 3 rings (SSSR count). The second-order valence-corrected chi connectivity index (χ2v) is 3.88. The molecule has 15 heavy (non-hydrogen) atoms. The summed E-state index contributed by atoms with van der Waals surface area (Å²) in [5.41, 5.74) is 2.83. The molecule has 0 unspecified atom stereocenters. The van der Waals surface area contributed by atoms with E-state index in [1.165, 1.54) is 17.4 Å². The van der Waals surface area contributed by atoms with E-state index >= 15 is 0 Å². The zero-order chi connectivity index (χ0) is 10.3. The van der Waals surface area contributed by atoms with Crippen LogP contribution in [0, 0.1) is 5.82 Å². The van der Waals surface area contributed by atoms with E-state index in [2.05, 4.69) is 10.1 Å². The van der Waals surface area contributed by atoms with Crippen molar-refractivity contribution in [2.45, 2.75) is 0 Å². The molecule has 2 heterocycles. The first-order valence-electron chi connectivity index (χ1n) is 4.38. The maximum Gasteiger partial charge on any atom is 0.212 e. The van der Waals surface area contributed by atoms with Gasteiger partial charge in [-0.2, -0.15) is 5.10 Å². The molecule has 0 amide bonds. The molecule has 0 atom stereocenters. The van der Waals surface area contributed by atoms with E-state index in [-0.39, 0.29) is 5.82 Å². The Balaban J connectivity index is 2.22. The number of fused-ring (bicyclic) bond motifs is 1. The van der Waals surface area contributed by atoms with Crippen LogP contribution in [-0.2, 0) is 0 Å². The fourth-order valence-corrected chi connectivity index (χ4v) is 2.04. The summed E-state index contributed by atoms with van der Waals surface area (Å²) in [7, 11) is 0. The SMILES string of the molecule is Fc1ccccc1-c1cn2ncsc2n1. The second-order valence-electron chi connectivity index (χ2n) is 3.07. The van der Waals surface area contributed by atoms with Crippen molar-refractivity contribution in [2.75, 3.05) is 0 Å². The van der Waals surface area contributed by atoms with Crippen molar-refractivity contribution in [1.82, 2.24) is 14.6 Å². The molecule has 0 aliphatic carbocycles. The number of aromatic nitrogens is 3. The van der Waals surface area contributed by atoms with E-state index in [9.17, 15) is 4.39 Å². The van der Waals surface area contributed by atoms with Gasteiger partial charge >= 0.3 is 0 Å². The van der Waals surface area contributed by atoms with Crippen LogP contribution in [0.2, 0.25) is 0 Å². The monoisotopic (exact) mass is 219 g/mol. The molecule has 0 aliphatic heterocycles. The van der Waals surface area contributed by atoms with Gasteiger partial charge in [0.2, 0.25) is 4.96 Å². The van der Waals surface area contributed by atoms with Crippen LogP contribution in [0.1, 0.15) is 0 Å². The molecule has 0 aliphatic rings. The van der Waals surface area contributed by atoms with E-state index in [1.54, 1.807) is 34.4 Å². The van der Waals surface area contributed by atoms with Crippen LogP contribution in [0.4, 0.5) is 4.39 Å². The van der Waals surface area contributed by atoms with Crippen LogP contribution in [0.15, 0.2) is 36.0 Å². The summed E-state index contributed by atoms with van der Waals surface area (Å²) in [5, 5.41) is 4.04. The highest BCUT2D eigenvalue weighted by molar-refractivity contribution is 7.14. The lowest BCUT2D eigenvalue weighted by Crippen LogP contribution is -1.83. The molecular weight excluding hydrogens is 213 g/mol. The zero-order valence-electron chi connectivity index (χ0n) is 7.59. The third-order valence-corrected chi connectivity index (χ3v) is 2.82. The Hall–Kier alpha value is -1.75. The fourth-order valence-electron chi connectivity index (χ4n) is 1.44. The Bertz CT molecular complexity index is 585. The van der Waals surface area contributed by atoms with Gasteiger partial charge < -0.3 is 0 Å². The van der Waals surface area contributed by atoms with Gasteiger partial charge in [0, 0.05) is 5.56 Å². The van der Waals surface area contributed by atoms with E-state index in [1.807, 2.05) is 0 Å². The Kier molecular flexibility index (Phi) is 1.78. The third kappa shape index (κ3) is 1.32. The van der Waals surface area contributed by atoms with Gasteiger partial charge in [0.25, 0.3) is 0 Å². The van der Waals surface area contributed by atoms with Crippen molar-refractivity contribution in [3.63, 3.8) is 0 Å². The van der Waals surface area contributed by atoms with Crippen LogP contribution in [0.3, 0.4) is 0 Å². The molecular formula is C10H6FN3S. The molecule has 0 spiro atoms. The molecule has 0 fully saturated rings. The first-order chi connectivity index (χ1) is 7.34. The summed E-state index contributed by atoms with van der Waals surface area (Å²) in [6.45, 7) is 0. The summed E-state index contributed by atoms with van der Waals surface area (Å²) in [6.07, 6.45) is 1.73. The Morgan fingerprint density at radius 3 is 2.93 bits per heavy atom. The molecule has 5 heteroatoms. The zero-order valence-corrected chi connectivity index (χ0v) is 8.41. The number of benzene rings is 1. The summed E-state index contributed by atoms with van der Waals surface area (Å²) < 4.78 is 15.1. The van der Waals surface area contributed by atoms with Crippen molar-refractivity contribution < 1.29 is 4.39 Å². The van der Waals surface area contributed by atoms with E-state index in [0.717, 1.165) is 4.96 Å². The van der Waals surface area contributed by atoms with Gasteiger partial charge in [-0.25, -0.2) is 13.9 Å². The average Bonchev–Trinajstić information content (AvgIpc) is 2.77. The average molecular weight is 219 g/mol. The van der Waals surface area contributed by atoms with E-state index in [0.29, 0.717) is 11.3 Å². The minimum Gasteiger partial charge on any atom is -0.217 e. The Morgan fingerprint density at radius 2 is 2.13 bits per heavy atom. The highest BCUT2D eigenvalue weighted by Crippen LogP contribution is 2.22. The predicted octanol–water partition coefficient (Wildman–Crippen LogP) is 2.60. The summed E-state index contributed by atoms with van der Waals surface area (Å²) >= 11 is 1.43. The molecule has 0 saturated heterocycles. The van der Waals surface area contributed by atoms with Gasteiger partial charge in [0.1, 0.15) is 11.3 Å². The largest absolute Gasteiger partial charge is 0.217 e. The number of nitrogens with zero attached hydrogens (tertiary/aromatic N) is 3. The van der Waals surface area contributed by atoms with Crippen molar-refractivity contribution in [3.05, 3.63) is 41.8 Å². The van der Waals surface area contributed by atoms with Gasteiger partial charge in [0.15, 0.2) is 0 Å². The summed E-state index contributed by atoms with van der Waals surface area (Å²) in [5.74, 6) is -0.261. The second kappa shape index (κ2) is 3.13. The lowest BCUT2D eigenvalue weighted by molar-refractivity contribution is 0.631. The smallest absolute Gasteiger partial charge is 0.212 e. The van der Waals surface area contributed by atoms with Crippen molar-refractivity contribution in [2.24, 2.45) is 0 Å². The highest BCUT2D eigenvalue weighted by atomic mass is 32.1. The minimum atomic E-state index is -0.261. The van der Waals surface area contributed by atoms with Gasteiger partial charge in [0.05, 0.1) is 11.9 Å². The maximum absolute atomic E-state index is 13.4. The Labute approximate surface area is 88.8 Å². The lowest BCUT2D eigenvalue weighted by atomic mass is 10.1. The fraction of sp³-hybridized carbons (Fsp3) is 0. The number of rotatable bonds is 1. The van der Waals surface area contributed by atoms with Crippen molar-refractivity contribution in [3.8, 4) is 11.3 Å². The predicted molar refractivity (Wildman–Crippen MR) is 56.3 cm³/mol. The van der Waals surface area contributed by atoms with Crippen LogP contribution >= 0.6 is 11.3 Å². The van der Waals surface area contributed by atoms with Gasteiger partial charge in [-0.3, -0.25) is 0 Å². The first kappa shape index (κ1) is 8.55. The molecule has 2 aromatic heterocycles. The van der Waals surface area contributed by atoms with Crippen LogP contribution in [0.25, 0.3) is 16.2 Å². The summed E-state index contributed by atoms with van der Waals surface area (Å²) in [6, 6.07) is 6.59. The molecule has 74 valence electrons. The molecule has 3 nitrogen and oxygen atoms in total. The third-order valence-electron chi connectivity index (χ3n) is 2.14. The van der Waals surface area contributed by atoms with Gasteiger partial charge in [-0.05, 0) is 12.1 Å². The first-order valence-corrected chi connectivity index (χ1v) is 5.26. The standard InChI is InChI=1S/C10H6FN3S/c11-8-4-2-1-3-7(8)9-5-14-10(13-9)15-6-12-14/h1-6H. The summed E-state index contributed by atoms with van der Waals surface area (Å²) in [4.78, 5) is 5.05. The van der Waals surface area contributed by atoms with E-state index < -0.39 is 0 Å². The maximum atomic E-state index is 13.4. The van der Waals surface area contributed by atoms with Crippen LogP contribution in [-0.4, -0.2) is 14.6 Å². The topological polar surface area (TPSA) is 30.2 Å². The highest BCUT2D eigenvalue weighted by Gasteiger charge is 2.09. The molecule has 0 radical (unpaired) electrons. The Morgan fingerprint density at radius 1 is 1.27 bits per heavy atom. The molecule has 0 saturated carbocycles.